The van der Waals surface area contributed by atoms with Gasteiger partial charge in [-0.2, -0.15) is 0 Å². The Kier molecular flexibility index (Phi) is 6.75. The molecule has 0 bridgehead atoms. The molecule has 0 aromatic heterocycles. The Morgan fingerprint density at radius 3 is 2.68 bits per heavy atom. The zero-order valence-electron chi connectivity index (χ0n) is 14.1. The van der Waals surface area contributed by atoms with Gasteiger partial charge in [0.25, 0.3) is 0 Å². The summed E-state index contributed by atoms with van der Waals surface area (Å²) >= 11 is 0. The highest BCUT2D eigenvalue weighted by Crippen LogP contribution is 2.23. The quantitative estimate of drug-likeness (QED) is 0.831. The largest absolute Gasteiger partial charge is 0.374 e. The van der Waals surface area contributed by atoms with Crippen molar-refractivity contribution in [2.75, 3.05) is 25.0 Å². The van der Waals surface area contributed by atoms with Crippen LogP contribution in [-0.2, 0) is 11.2 Å². The van der Waals surface area contributed by atoms with E-state index in [1.165, 1.54) is 37.8 Å². The fraction of sp³-hybridized carbons (Fsp3) is 0.632. The molecule has 1 N–H and O–H groups in total. The molecule has 3 nitrogen and oxygen atoms in total. The normalized spacial score (nSPS) is 15.5. The van der Waals surface area contributed by atoms with Crippen LogP contribution >= 0.6 is 0 Å². The molecule has 0 atom stereocenters. The molecular formula is C19H30N2O. The van der Waals surface area contributed by atoms with E-state index in [1.54, 1.807) is 0 Å². The molecule has 0 saturated heterocycles. The number of rotatable bonds is 7. The molecule has 1 amide bonds. The molecule has 22 heavy (non-hydrogen) atoms. The summed E-state index contributed by atoms with van der Waals surface area (Å²) in [6.45, 7) is 4.04. The third kappa shape index (κ3) is 5.04. The first-order valence-electron chi connectivity index (χ1n) is 8.76. The van der Waals surface area contributed by atoms with Crippen LogP contribution in [0.25, 0.3) is 0 Å². The van der Waals surface area contributed by atoms with Crippen molar-refractivity contribution < 1.29 is 4.79 Å². The third-order valence-corrected chi connectivity index (χ3v) is 4.63. The van der Waals surface area contributed by atoms with Gasteiger partial charge in [-0.05, 0) is 36.8 Å². The van der Waals surface area contributed by atoms with E-state index >= 15 is 0 Å². The second-order valence-corrected chi connectivity index (χ2v) is 6.54. The Bertz CT molecular complexity index is 466. The second-order valence-electron chi connectivity index (χ2n) is 6.54. The summed E-state index contributed by atoms with van der Waals surface area (Å²) in [5, 5.41) is 3.14. The highest BCUT2D eigenvalue weighted by atomic mass is 16.1. The van der Waals surface area contributed by atoms with Gasteiger partial charge >= 0.3 is 0 Å². The Morgan fingerprint density at radius 1 is 1.23 bits per heavy atom. The van der Waals surface area contributed by atoms with Crippen molar-refractivity contribution in [3.05, 3.63) is 29.8 Å². The van der Waals surface area contributed by atoms with E-state index in [4.69, 9.17) is 0 Å². The number of amides is 1. The maximum absolute atomic E-state index is 12.3. The van der Waals surface area contributed by atoms with Crippen molar-refractivity contribution in [3.8, 4) is 0 Å². The van der Waals surface area contributed by atoms with E-state index in [0.29, 0.717) is 12.3 Å². The van der Waals surface area contributed by atoms with Gasteiger partial charge in [-0.1, -0.05) is 44.4 Å². The minimum atomic E-state index is 0.155. The lowest BCUT2D eigenvalue weighted by Gasteiger charge is -2.23. The van der Waals surface area contributed by atoms with Crippen LogP contribution in [-0.4, -0.2) is 26.0 Å². The minimum Gasteiger partial charge on any atom is -0.374 e. The fourth-order valence-corrected chi connectivity index (χ4v) is 3.37. The zero-order chi connectivity index (χ0) is 15.8. The standard InChI is InChI=1S/C19H30N2O/c1-3-13-21(2)18-12-8-7-11-17(18)14-19(22)20-15-16-9-5-4-6-10-16/h7-8,11-12,16H,3-6,9-10,13-15H2,1-2H3,(H,20,22). The lowest BCUT2D eigenvalue weighted by Crippen LogP contribution is -2.31. The van der Waals surface area contributed by atoms with Gasteiger partial charge in [0, 0.05) is 25.8 Å². The summed E-state index contributed by atoms with van der Waals surface area (Å²) in [7, 11) is 2.10. The molecule has 1 aliphatic rings. The highest BCUT2D eigenvalue weighted by Gasteiger charge is 2.15. The Balaban J connectivity index is 1.87. The number of para-hydroxylation sites is 1. The molecule has 1 fully saturated rings. The Hall–Kier alpha value is -1.51. The molecule has 1 aromatic rings. The predicted molar refractivity (Wildman–Crippen MR) is 93.3 cm³/mol. The number of nitrogens with zero attached hydrogens (tertiary/aromatic N) is 1. The summed E-state index contributed by atoms with van der Waals surface area (Å²) < 4.78 is 0. The predicted octanol–water partition coefficient (Wildman–Crippen LogP) is 3.77. The maximum Gasteiger partial charge on any atom is 0.224 e. The van der Waals surface area contributed by atoms with Crippen molar-refractivity contribution in [1.29, 1.82) is 0 Å². The van der Waals surface area contributed by atoms with Crippen LogP contribution in [0.1, 0.15) is 51.0 Å². The summed E-state index contributed by atoms with van der Waals surface area (Å²) in [6.07, 6.45) is 8.15. The highest BCUT2D eigenvalue weighted by molar-refractivity contribution is 5.80. The van der Waals surface area contributed by atoms with E-state index in [0.717, 1.165) is 25.1 Å². The topological polar surface area (TPSA) is 32.3 Å². The molecular weight excluding hydrogens is 272 g/mol. The number of hydrogen-bond donors (Lipinski definition) is 1. The smallest absolute Gasteiger partial charge is 0.224 e. The summed E-state index contributed by atoms with van der Waals surface area (Å²) in [5.41, 5.74) is 2.30. The van der Waals surface area contributed by atoms with Crippen LogP contribution < -0.4 is 10.2 Å². The van der Waals surface area contributed by atoms with Gasteiger partial charge in [-0.15, -0.1) is 0 Å². The monoisotopic (exact) mass is 302 g/mol. The molecule has 0 aliphatic heterocycles. The van der Waals surface area contributed by atoms with Gasteiger partial charge < -0.3 is 10.2 Å². The summed E-state index contributed by atoms with van der Waals surface area (Å²) in [4.78, 5) is 14.5. The zero-order valence-corrected chi connectivity index (χ0v) is 14.1. The van der Waals surface area contributed by atoms with Gasteiger partial charge in [0.15, 0.2) is 0 Å². The van der Waals surface area contributed by atoms with Crippen LogP contribution in [0, 0.1) is 5.92 Å². The Labute approximate surface area is 135 Å². The lowest BCUT2D eigenvalue weighted by atomic mass is 9.89. The van der Waals surface area contributed by atoms with E-state index in [9.17, 15) is 4.79 Å². The van der Waals surface area contributed by atoms with E-state index in [2.05, 4.69) is 36.3 Å². The fourth-order valence-electron chi connectivity index (χ4n) is 3.37. The van der Waals surface area contributed by atoms with Crippen LogP contribution in [0.3, 0.4) is 0 Å². The molecule has 1 saturated carbocycles. The molecule has 0 radical (unpaired) electrons. The number of carbonyl (C=O) groups is 1. The molecule has 2 rings (SSSR count). The molecule has 0 heterocycles. The summed E-state index contributed by atoms with van der Waals surface area (Å²) in [6, 6.07) is 8.25. The molecule has 122 valence electrons. The van der Waals surface area contributed by atoms with Gasteiger partial charge in [0.2, 0.25) is 5.91 Å². The van der Waals surface area contributed by atoms with E-state index in [1.807, 2.05) is 12.1 Å². The average molecular weight is 302 g/mol. The maximum atomic E-state index is 12.3. The SMILES string of the molecule is CCCN(C)c1ccccc1CC(=O)NCC1CCCCC1. The molecule has 1 aromatic carbocycles. The van der Waals surface area contributed by atoms with Crippen LogP contribution in [0.5, 0.6) is 0 Å². The number of carbonyl (C=O) groups excluding carboxylic acids is 1. The first-order chi connectivity index (χ1) is 10.7. The second kappa shape index (κ2) is 8.82. The lowest BCUT2D eigenvalue weighted by molar-refractivity contribution is -0.120. The first-order valence-corrected chi connectivity index (χ1v) is 8.76. The van der Waals surface area contributed by atoms with Crippen molar-refractivity contribution in [2.24, 2.45) is 5.92 Å². The Morgan fingerprint density at radius 2 is 1.95 bits per heavy atom. The van der Waals surface area contributed by atoms with Crippen LogP contribution in [0.4, 0.5) is 5.69 Å². The molecule has 0 spiro atoms. The van der Waals surface area contributed by atoms with Gasteiger partial charge in [0.05, 0.1) is 6.42 Å². The van der Waals surface area contributed by atoms with Crippen LogP contribution in [0.2, 0.25) is 0 Å². The third-order valence-electron chi connectivity index (χ3n) is 4.63. The number of hydrogen-bond acceptors (Lipinski definition) is 2. The molecule has 1 aliphatic carbocycles. The number of anilines is 1. The van der Waals surface area contributed by atoms with Crippen LogP contribution in [0.15, 0.2) is 24.3 Å². The molecule has 3 heteroatoms. The number of nitrogens with one attached hydrogen (secondary N) is 1. The van der Waals surface area contributed by atoms with E-state index in [-0.39, 0.29) is 5.91 Å². The van der Waals surface area contributed by atoms with Gasteiger partial charge in [0.1, 0.15) is 0 Å². The molecule has 0 unspecified atom stereocenters. The minimum absolute atomic E-state index is 0.155. The summed E-state index contributed by atoms with van der Waals surface area (Å²) in [5.74, 6) is 0.846. The van der Waals surface area contributed by atoms with Crippen molar-refractivity contribution in [3.63, 3.8) is 0 Å². The van der Waals surface area contributed by atoms with Crippen molar-refractivity contribution in [1.82, 2.24) is 5.32 Å². The van der Waals surface area contributed by atoms with Gasteiger partial charge in [-0.25, -0.2) is 0 Å². The first kappa shape index (κ1) is 16.9. The average Bonchev–Trinajstić information content (AvgIpc) is 2.54. The van der Waals surface area contributed by atoms with E-state index < -0.39 is 0 Å². The van der Waals surface area contributed by atoms with Gasteiger partial charge in [-0.3, -0.25) is 4.79 Å². The van der Waals surface area contributed by atoms with Crippen molar-refractivity contribution in [2.45, 2.75) is 51.9 Å². The van der Waals surface area contributed by atoms with Crippen molar-refractivity contribution >= 4 is 11.6 Å². The number of benzene rings is 1.